The fourth-order valence-corrected chi connectivity index (χ4v) is 4.44. The smallest absolute Gasteiger partial charge is 0.397 e. The number of ether oxygens (including phenoxy) is 4. The number of nitrogens with zero attached hydrogens (tertiary/aromatic N) is 1. The Kier molecular flexibility index (Phi) is 5.40. The van der Waals surface area contributed by atoms with Crippen LogP contribution in [0.4, 0.5) is 0 Å². The molecule has 3 rings (SSSR count). The highest BCUT2D eigenvalue weighted by Gasteiger charge is 2.72. The highest BCUT2D eigenvalue weighted by atomic mass is 16.6. The zero-order valence-corrected chi connectivity index (χ0v) is 17.1. The molecule has 2 aliphatic heterocycles. The molecule has 0 N–H and O–H groups in total. The summed E-state index contributed by atoms with van der Waals surface area (Å²) in [7, 11) is 4.67. The summed E-state index contributed by atoms with van der Waals surface area (Å²) in [5.41, 5.74) is 0.592. The number of rotatable bonds is 5. The number of carbonyl (C=O) groups excluding carboxylic acids is 2. The predicted octanol–water partition coefficient (Wildman–Crippen LogP) is 1.69. The molecule has 2 saturated heterocycles. The lowest BCUT2D eigenvalue weighted by Crippen LogP contribution is -2.56. The maximum atomic E-state index is 12.2. The molecule has 2 heterocycles. The van der Waals surface area contributed by atoms with E-state index in [-0.39, 0.29) is 29.3 Å². The Morgan fingerprint density at radius 3 is 2.48 bits per heavy atom. The molecule has 1 aliphatic carbocycles. The first-order valence-corrected chi connectivity index (χ1v) is 9.55. The van der Waals surface area contributed by atoms with Crippen molar-refractivity contribution in [2.24, 2.45) is 5.92 Å². The van der Waals surface area contributed by atoms with Gasteiger partial charge in [-0.05, 0) is 40.0 Å². The Morgan fingerprint density at radius 1 is 1.30 bits per heavy atom. The van der Waals surface area contributed by atoms with Crippen LogP contribution in [-0.2, 0) is 28.5 Å². The maximum absolute atomic E-state index is 12.2. The first-order valence-electron chi connectivity index (χ1n) is 9.55. The normalized spacial score (nSPS) is 39.6. The van der Waals surface area contributed by atoms with E-state index < -0.39 is 18.0 Å². The van der Waals surface area contributed by atoms with E-state index in [2.05, 4.69) is 26.8 Å². The van der Waals surface area contributed by atoms with Crippen LogP contribution in [0.5, 0.6) is 0 Å². The molecule has 1 saturated carbocycles. The van der Waals surface area contributed by atoms with Crippen molar-refractivity contribution in [2.45, 2.75) is 69.5 Å². The average molecular weight is 381 g/mol. The number of methoxy groups -OCH3 is 1. The molecule has 0 unspecified atom stereocenters. The number of hydrogen-bond donors (Lipinski definition) is 0. The highest BCUT2D eigenvalue weighted by Crippen LogP contribution is 2.59. The minimum atomic E-state index is -0.846. The summed E-state index contributed by atoms with van der Waals surface area (Å²) in [5, 5.41) is 0. The van der Waals surface area contributed by atoms with Crippen LogP contribution in [0.2, 0.25) is 0 Å². The molecule has 0 radical (unpaired) electrons. The quantitative estimate of drug-likeness (QED) is 0.312. The number of carbonyl (C=O) groups is 2. The standard InChI is InChI=1S/C20H31NO6/c1-12(2)7-8-14-19(3,27-14)16-15(24-6)13(9-10-20(16)11-25-20)26-18(23)17(22)21(4)5/h7,13-16H,8-11H2,1-6H3/t13-,14-,15-,16-,19+,20+/m1/s1. The third-order valence-electron chi connectivity index (χ3n) is 6.08. The fourth-order valence-electron chi connectivity index (χ4n) is 4.44. The van der Waals surface area contributed by atoms with Crippen LogP contribution < -0.4 is 0 Å². The molecule has 152 valence electrons. The highest BCUT2D eigenvalue weighted by molar-refractivity contribution is 6.32. The van der Waals surface area contributed by atoms with Crippen molar-refractivity contribution in [3.63, 3.8) is 0 Å². The Labute approximate surface area is 161 Å². The van der Waals surface area contributed by atoms with Gasteiger partial charge < -0.3 is 23.8 Å². The Morgan fingerprint density at radius 2 is 1.96 bits per heavy atom. The van der Waals surface area contributed by atoms with Crippen LogP contribution in [0, 0.1) is 5.92 Å². The topological polar surface area (TPSA) is 80.9 Å². The minimum absolute atomic E-state index is 0.0495. The van der Waals surface area contributed by atoms with E-state index in [0.29, 0.717) is 13.0 Å². The second kappa shape index (κ2) is 7.18. The van der Waals surface area contributed by atoms with E-state index in [0.717, 1.165) is 12.8 Å². The lowest BCUT2D eigenvalue weighted by Gasteiger charge is -2.42. The number of amides is 1. The van der Waals surface area contributed by atoms with Gasteiger partial charge in [0.25, 0.3) is 0 Å². The van der Waals surface area contributed by atoms with Crippen molar-refractivity contribution < 1.29 is 28.5 Å². The largest absolute Gasteiger partial charge is 0.452 e. The van der Waals surface area contributed by atoms with E-state index in [1.807, 2.05) is 0 Å². The molecule has 1 amide bonds. The summed E-state index contributed by atoms with van der Waals surface area (Å²) in [6, 6.07) is 0. The summed E-state index contributed by atoms with van der Waals surface area (Å²) in [5.74, 6) is -1.56. The summed E-state index contributed by atoms with van der Waals surface area (Å²) in [4.78, 5) is 25.3. The molecule has 0 aromatic carbocycles. The van der Waals surface area contributed by atoms with E-state index in [4.69, 9.17) is 18.9 Å². The van der Waals surface area contributed by atoms with Gasteiger partial charge in [0.2, 0.25) is 0 Å². The van der Waals surface area contributed by atoms with Crippen molar-refractivity contribution >= 4 is 11.9 Å². The van der Waals surface area contributed by atoms with Gasteiger partial charge in [-0.2, -0.15) is 0 Å². The number of esters is 1. The molecule has 0 aromatic heterocycles. The predicted molar refractivity (Wildman–Crippen MR) is 98.1 cm³/mol. The SMILES string of the molecule is CO[C@@H]1[C@H](OC(=O)C(=O)N(C)C)CC[C@]2(CO2)[C@H]1[C@@]1(C)O[C@@H]1CC=C(C)C. The molecule has 7 heteroatoms. The van der Waals surface area contributed by atoms with Gasteiger partial charge in [-0.25, -0.2) is 4.79 Å². The van der Waals surface area contributed by atoms with E-state index >= 15 is 0 Å². The van der Waals surface area contributed by atoms with Gasteiger partial charge in [-0.15, -0.1) is 0 Å². The molecule has 7 nitrogen and oxygen atoms in total. The fraction of sp³-hybridized carbons (Fsp3) is 0.800. The van der Waals surface area contributed by atoms with Crippen LogP contribution in [0.1, 0.15) is 40.0 Å². The summed E-state index contributed by atoms with van der Waals surface area (Å²) < 4.78 is 23.3. The van der Waals surface area contributed by atoms with E-state index in [1.165, 1.54) is 24.6 Å². The van der Waals surface area contributed by atoms with Gasteiger partial charge in [-0.3, -0.25) is 4.79 Å². The van der Waals surface area contributed by atoms with Crippen LogP contribution in [0.25, 0.3) is 0 Å². The van der Waals surface area contributed by atoms with Crippen LogP contribution in [-0.4, -0.2) is 74.1 Å². The first kappa shape index (κ1) is 20.3. The van der Waals surface area contributed by atoms with Crippen molar-refractivity contribution in [1.29, 1.82) is 0 Å². The Balaban J connectivity index is 1.76. The van der Waals surface area contributed by atoms with Gasteiger partial charge in [-0.1, -0.05) is 11.6 Å². The van der Waals surface area contributed by atoms with Gasteiger partial charge in [0.15, 0.2) is 0 Å². The van der Waals surface area contributed by atoms with Crippen molar-refractivity contribution in [3.05, 3.63) is 11.6 Å². The second-order valence-corrected chi connectivity index (χ2v) is 8.52. The van der Waals surface area contributed by atoms with Gasteiger partial charge >= 0.3 is 11.9 Å². The van der Waals surface area contributed by atoms with Crippen molar-refractivity contribution in [3.8, 4) is 0 Å². The summed E-state index contributed by atoms with van der Waals surface area (Å²) in [6.07, 6.45) is 3.61. The van der Waals surface area contributed by atoms with Crippen molar-refractivity contribution in [2.75, 3.05) is 27.8 Å². The summed E-state index contributed by atoms with van der Waals surface area (Å²) in [6.45, 7) is 6.90. The van der Waals surface area contributed by atoms with Crippen molar-refractivity contribution in [1.82, 2.24) is 4.90 Å². The number of likely N-dealkylation sites (N-methyl/N-ethyl adjacent to an activating group) is 1. The maximum Gasteiger partial charge on any atom is 0.397 e. The third kappa shape index (κ3) is 3.77. The number of allylic oxidation sites excluding steroid dienone is 1. The molecule has 27 heavy (non-hydrogen) atoms. The van der Waals surface area contributed by atoms with E-state index in [9.17, 15) is 9.59 Å². The number of epoxide rings is 2. The van der Waals surface area contributed by atoms with Gasteiger partial charge in [0.05, 0.1) is 18.6 Å². The number of hydrogen-bond acceptors (Lipinski definition) is 6. The second-order valence-electron chi connectivity index (χ2n) is 8.52. The average Bonchev–Trinajstić information content (AvgIpc) is 3.51. The molecule has 3 aliphatic rings. The molecular formula is C20H31NO6. The lowest BCUT2D eigenvalue weighted by atomic mass is 9.68. The zero-order chi connectivity index (χ0) is 20.0. The first-order chi connectivity index (χ1) is 12.6. The van der Waals surface area contributed by atoms with Crippen LogP contribution in [0.3, 0.4) is 0 Å². The zero-order valence-electron chi connectivity index (χ0n) is 17.1. The van der Waals surface area contributed by atoms with Crippen LogP contribution >= 0.6 is 0 Å². The van der Waals surface area contributed by atoms with E-state index in [1.54, 1.807) is 7.11 Å². The van der Waals surface area contributed by atoms with Gasteiger partial charge in [0.1, 0.15) is 23.4 Å². The molecule has 1 spiro atoms. The molecule has 3 fully saturated rings. The third-order valence-corrected chi connectivity index (χ3v) is 6.08. The summed E-state index contributed by atoms with van der Waals surface area (Å²) >= 11 is 0. The molecule has 0 aromatic rings. The minimum Gasteiger partial charge on any atom is -0.452 e. The van der Waals surface area contributed by atoms with Crippen LogP contribution in [0.15, 0.2) is 11.6 Å². The molecule has 0 bridgehead atoms. The Bertz CT molecular complexity index is 636. The molecular weight excluding hydrogens is 350 g/mol. The Hall–Kier alpha value is -1.44. The monoisotopic (exact) mass is 381 g/mol. The van der Waals surface area contributed by atoms with Gasteiger partial charge in [0, 0.05) is 21.2 Å². The molecule has 6 atom stereocenters. The lowest BCUT2D eigenvalue weighted by molar-refractivity contribution is -0.178.